The molecule has 4 aromatic rings. The minimum atomic E-state index is -0.252. The predicted octanol–water partition coefficient (Wildman–Crippen LogP) is 5.02. The van der Waals surface area contributed by atoms with Gasteiger partial charge in [-0.15, -0.1) is 0 Å². The van der Waals surface area contributed by atoms with E-state index in [0.717, 1.165) is 71.7 Å². The van der Waals surface area contributed by atoms with Crippen LogP contribution in [0.5, 0.6) is 0 Å². The monoisotopic (exact) mass is 512 g/mol. The second-order valence-corrected chi connectivity index (χ2v) is 10.3. The van der Waals surface area contributed by atoms with Crippen LogP contribution in [0.25, 0.3) is 11.0 Å². The quantitative estimate of drug-likeness (QED) is 0.266. The molecule has 0 radical (unpaired) electrons. The van der Waals surface area contributed by atoms with Crippen LogP contribution >= 0.6 is 0 Å². The highest BCUT2D eigenvalue weighted by atomic mass is 19.1. The van der Waals surface area contributed by atoms with Crippen LogP contribution in [-0.4, -0.2) is 35.0 Å². The fraction of sp³-hybridized carbons (Fsp3) is 0.333. The normalized spacial score (nSPS) is 19.2. The fourth-order valence-electron chi connectivity index (χ4n) is 5.42. The number of rotatable bonds is 8. The van der Waals surface area contributed by atoms with Crippen LogP contribution in [0.2, 0.25) is 0 Å². The molecule has 1 unspecified atom stereocenters. The molecule has 0 aliphatic carbocycles. The van der Waals surface area contributed by atoms with Crippen LogP contribution < -0.4 is 20.9 Å². The van der Waals surface area contributed by atoms with Gasteiger partial charge < -0.3 is 25.8 Å². The summed E-state index contributed by atoms with van der Waals surface area (Å²) in [5.74, 6) is 0.766. The Balaban J connectivity index is 1.19. The number of hydrogen-bond acceptors (Lipinski definition) is 5. The SMILES string of the molecule is O=C(Nc1ccc(CN(Cc2ccc3nc([C@@H]4CCCN4)[nH]c3c2)c2ccc(F)cc2)cc1)C1CCCN1. The molecule has 1 amide bonds. The predicted molar refractivity (Wildman–Crippen MR) is 148 cm³/mol. The van der Waals surface area contributed by atoms with Gasteiger partial charge in [-0.05, 0) is 98.4 Å². The summed E-state index contributed by atoms with van der Waals surface area (Å²) < 4.78 is 13.7. The molecule has 2 atom stereocenters. The van der Waals surface area contributed by atoms with Crippen molar-refractivity contribution in [1.29, 1.82) is 0 Å². The number of benzene rings is 3. The van der Waals surface area contributed by atoms with Gasteiger partial charge in [0.2, 0.25) is 5.91 Å². The van der Waals surface area contributed by atoms with Gasteiger partial charge in [0.15, 0.2) is 0 Å². The molecule has 1 aromatic heterocycles. The summed E-state index contributed by atoms with van der Waals surface area (Å²) in [7, 11) is 0. The van der Waals surface area contributed by atoms with Crippen molar-refractivity contribution >= 4 is 28.3 Å². The Bertz CT molecular complexity index is 1390. The van der Waals surface area contributed by atoms with Crippen molar-refractivity contribution in [3.63, 3.8) is 0 Å². The lowest BCUT2D eigenvalue weighted by Crippen LogP contribution is -2.35. The summed E-state index contributed by atoms with van der Waals surface area (Å²) in [5.41, 5.74) is 5.97. The molecular weight excluding hydrogens is 479 g/mol. The molecule has 196 valence electrons. The van der Waals surface area contributed by atoms with E-state index in [-0.39, 0.29) is 17.8 Å². The Morgan fingerprint density at radius 3 is 2.39 bits per heavy atom. The standard InChI is InChI=1S/C30H33FN6O/c31-22-8-12-24(13-9-22)37(18-20-5-10-23(11-6-20)34-30(38)27-4-2-16-33-27)19-21-7-14-25-28(17-21)36-29(35-25)26-3-1-15-32-26/h5-14,17,26-27,32-33H,1-4,15-16,18-19H2,(H,34,38)(H,35,36)/t26-,27?/m0/s1. The number of fused-ring (bicyclic) bond motifs is 1. The van der Waals surface area contributed by atoms with Gasteiger partial charge >= 0.3 is 0 Å². The van der Waals surface area contributed by atoms with Gasteiger partial charge in [0.25, 0.3) is 0 Å². The lowest BCUT2D eigenvalue weighted by Gasteiger charge is -2.25. The molecule has 2 aliphatic heterocycles. The van der Waals surface area contributed by atoms with Gasteiger partial charge in [-0.3, -0.25) is 4.79 Å². The van der Waals surface area contributed by atoms with Crippen LogP contribution in [0.4, 0.5) is 15.8 Å². The Labute approximate surface area is 221 Å². The molecule has 3 aromatic carbocycles. The smallest absolute Gasteiger partial charge is 0.241 e. The van der Waals surface area contributed by atoms with Crippen molar-refractivity contribution in [2.24, 2.45) is 0 Å². The molecule has 0 saturated carbocycles. The number of carbonyl (C=O) groups is 1. The summed E-state index contributed by atoms with van der Waals surface area (Å²) >= 11 is 0. The third-order valence-corrected chi connectivity index (χ3v) is 7.49. The third kappa shape index (κ3) is 5.56. The molecule has 7 nitrogen and oxygen atoms in total. The Morgan fingerprint density at radius 2 is 1.66 bits per heavy atom. The Hall–Kier alpha value is -3.75. The van der Waals surface area contributed by atoms with Crippen LogP contribution in [0, 0.1) is 5.82 Å². The van der Waals surface area contributed by atoms with Crippen molar-refractivity contribution in [2.45, 2.75) is 50.9 Å². The molecule has 0 bridgehead atoms. The summed E-state index contributed by atoms with van der Waals surface area (Å²) in [4.78, 5) is 23.0. The van der Waals surface area contributed by atoms with Crippen molar-refractivity contribution in [1.82, 2.24) is 20.6 Å². The molecule has 8 heteroatoms. The zero-order valence-corrected chi connectivity index (χ0v) is 21.3. The van der Waals surface area contributed by atoms with E-state index >= 15 is 0 Å². The molecule has 2 fully saturated rings. The van der Waals surface area contributed by atoms with E-state index < -0.39 is 0 Å². The summed E-state index contributed by atoms with van der Waals surface area (Å²) in [6.07, 6.45) is 4.18. The zero-order valence-electron chi connectivity index (χ0n) is 21.3. The first-order chi connectivity index (χ1) is 18.6. The van der Waals surface area contributed by atoms with Crippen molar-refractivity contribution < 1.29 is 9.18 Å². The number of imidazole rings is 1. The number of carbonyl (C=O) groups excluding carboxylic acids is 1. The third-order valence-electron chi connectivity index (χ3n) is 7.49. The molecule has 3 heterocycles. The Morgan fingerprint density at radius 1 is 0.921 bits per heavy atom. The van der Waals surface area contributed by atoms with Gasteiger partial charge in [0, 0.05) is 24.5 Å². The van der Waals surface area contributed by atoms with Crippen LogP contribution in [0.3, 0.4) is 0 Å². The number of aromatic amines is 1. The highest BCUT2D eigenvalue weighted by molar-refractivity contribution is 5.95. The molecule has 38 heavy (non-hydrogen) atoms. The summed E-state index contributed by atoms with van der Waals surface area (Å²) in [5, 5.41) is 9.75. The first-order valence-corrected chi connectivity index (χ1v) is 13.5. The number of H-pyrrole nitrogens is 1. The van der Waals surface area contributed by atoms with E-state index in [0.29, 0.717) is 19.1 Å². The molecule has 2 aliphatic rings. The number of hydrogen-bond donors (Lipinski definition) is 4. The van der Waals surface area contributed by atoms with E-state index in [1.165, 1.54) is 18.6 Å². The number of amides is 1. The van der Waals surface area contributed by atoms with Gasteiger partial charge in [-0.2, -0.15) is 0 Å². The number of aromatic nitrogens is 2. The second-order valence-electron chi connectivity index (χ2n) is 10.3. The second kappa shape index (κ2) is 10.9. The van der Waals surface area contributed by atoms with E-state index in [1.807, 2.05) is 36.4 Å². The van der Waals surface area contributed by atoms with Crippen LogP contribution in [-0.2, 0) is 17.9 Å². The maximum Gasteiger partial charge on any atom is 0.241 e. The van der Waals surface area contributed by atoms with Gasteiger partial charge in [-0.25, -0.2) is 9.37 Å². The Kier molecular flexibility index (Phi) is 7.07. The van der Waals surface area contributed by atoms with E-state index in [4.69, 9.17) is 4.98 Å². The van der Waals surface area contributed by atoms with E-state index in [9.17, 15) is 9.18 Å². The molecule has 4 N–H and O–H groups in total. The lowest BCUT2D eigenvalue weighted by molar-refractivity contribution is -0.117. The lowest BCUT2D eigenvalue weighted by atomic mass is 10.1. The topological polar surface area (TPSA) is 85.1 Å². The maximum atomic E-state index is 13.7. The minimum Gasteiger partial charge on any atom is -0.363 e. The highest BCUT2D eigenvalue weighted by Crippen LogP contribution is 2.26. The van der Waals surface area contributed by atoms with Crippen molar-refractivity contribution in [3.05, 3.63) is 89.5 Å². The van der Waals surface area contributed by atoms with Crippen molar-refractivity contribution in [3.8, 4) is 0 Å². The number of anilines is 2. The maximum absolute atomic E-state index is 13.7. The summed E-state index contributed by atoms with van der Waals surface area (Å²) in [6, 6.07) is 21.1. The average Bonchev–Trinajstić information content (AvgIpc) is 3.71. The first-order valence-electron chi connectivity index (χ1n) is 13.5. The van der Waals surface area contributed by atoms with E-state index in [2.05, 4.69) is 44.0 Å². The molecule has 6 rings (SSSR count). The highest BCUT2D eigenvalue weighted by Gasteiger charge is 2.22. The number of halogens is 1. The average molecular weight is 513 g/mol. The molecular formula is C30H33FN6O. The molecule has 0 spiro atoms. The van der Waals surface area contributed by atoms with Crippen LogP contribution in [0.1, 0.15) is 48.7 Å². The fourth-order valence-corrected chi connectivity index (χ4v) is 5.42. The van der Waals surface area contributed by atoms with Crippen molar-refractivity contribution in [2.75, 3.05) is 23.3 Å². The summed E-state index contributed by atoms with van der Waals surface area (Å²) in [6.45, 7) is 3.22. The first kappa shape index (κ1) is 24.6. The minimum absolute atomic E-state index is 0.0178. The largest absolute Gasteiger partial charge is 0.363 e. The van der Waals surface area contributed by atoms with Crippen LogP contribution in [0.15, 0.2) is 66.7 Å². The zero-order chi connectivity index (χ0) is 25.9. The number of nitrogens with zero attached hydrogens (tertiary/aromatic N) is 2. The molecule has 2 saturated heterocycles. The van der Waals surface area contributed by atoms with Gasteiger partial charge in [0.1, 0.15) is 11.6 Å². The van der Waals surface area contributed by atoms with Gasteiger partial charge in [0.05, 0.1) is 23.1 Å². The number of nitrogens with one attached hydrogen (secondary N) is 4. The van der Waals surface area contributed by atoms with E-state index in [1.54, 1.807) is 0 Å². The van der Waals surface area contributed by atoms with Gasteiger partial charge in [-0.1, -0.05) is 18.2 Å².